The Labute approximate surface area is 247 Å². The smallest absolute Gasteiger partial charge is 0.355 e. The molecule has 42 heavy (non-hydrogen) atoms. The zero-order chi connectivity index (χ0) is 29.1. The number of carbonyl (C=O) groups excluding carboxylic acids is 1. The number of ether oxygens (including phenoxy) is 2. The van der Waals surface area contributed by atoms with E-state index in [-0.39, 0.29) is 31.6 Å². The van der Waals surface area contributed by atoms with E-state index in [2.05, 4.69) is 10.0 Å². The Morgan fingerprint density at radius 3 is 2.83 bits per heavy atom. The van der Waals surface area contributed by atoms with Gasteiger partial charge in [0.25, 0.3) is 0 Å². The molecular weight excluding hydrogens is 574 g/mol. The zero-order valence-electron chi connectivity index (χ0n) is 22.8. The number of nitrogens with zero attached hydrogens (tertiary/aromatic N) is 2. The Morgan fingerprint density at radius 1 is 1.17 bits per heavy atom. The van der Waals surface area contributed by atoms with Gasteiger partial charge in [-0.05, 0) is 69.1 Å². The van der Waals surface area contributed by atoms with Crippen LogP contribution < -0.4 is 15.8 Å². The molecule has 12 heteroatoms. The number of morpholine rings is 1. The molecule has 0 radical (unpaired) electrons. The Morgan fingerprint density at radius 2 is 2.05 bits per heavy atom. The Balaban J connectivity index is 1.37. The lowest BCUT2D eigenvalue weighted by Crippen LogP contribution is -2.41. The summed E-state index contributed by atoms with van der Waals surface area (Å²) >= 11 is 1.45. The number of rotatable bonds is 10. The molecule has 4 heterocycles. The summed E-state index contributed by atoms with van der Waals surface area (Å²) in [5.41, 5.74) is 9.49. The van der Waals surface area contributed by atoms with Crippen LogP contribution in [0.25, 0.3) is 21.8 Å². The van der Waals surface area contributed by atoms with Crippen molar-refractivity contribution < 1.29 is 22.7 Å². The number of anilines is 1. The fourth-order valence-corrected chi connectivity index (χ4v) is 7.08. The Kier molecular flexibility index (Phi) is 8.22. The van der Waals surface area contributed by atoms with Crippen LogP contribution in [0, 0.1) is 0 Å². The van der Waals surface area contributed by atoms with Crippen LogP contribution >= 0.6 is 11.3 Å². The standard InChI is InChI=1S/C30H31N5O5S2/c31-14-24-6-5-22-13-28(30(36)40-17-26-15-32-8-9-39-26)35(29(22)33-24)16-23-12-25(11-21-3-1-2-4-27(21)23)34-42(37,38)19-20-7-10-41-18-20/h1-7,10-13,18,26,32,34H,8-9,14-17,19,31H2. The molecule has 0 amide bonds. The number of hydrogen-bond acceptors (Lipinski definition) is 9. The van der Waals surface area contributed by atoms with Crippen molar-refractivity contribution in [3.05, 3.63) is 93.9 Å². The molecule has 1 aliphatic rings. The van der Waals surface area contributed by atoms with Gasteiger partial charge in [0.15, 0.2) is 0 Å². The van der Waals surface area contributed by atoms with Crippen LogP contribution in [0.3, 0.4) is 0 Å². The number of benzene rings is 2. The van der Waals surface area contributed by atoms with Crippen molar-refractivity contribution in [1.82, 2.24) is 14.9 Å². The lowest BCUT2D eigenvalue weighted by molar-refractivity contribution is -0.0218. The molecule has 0 spiro atoms. The third-order valence-electron chi connectivity index (χ3n) is 7.11. The third kappa shape index (κ3) is 6.32. The van der Waals surface area contributed by atoms with E-state index in [9.17, 15) is 13.2 Å². The summed E-state index contributed by atoms with van der Waals surface area (Å²) in [6.45, 7) is 2.56. The van der Waals surface area contributed by atoms with E-state index in [0.717, 1.165) is 33.8 Å². The minimum absolute atomic E-state index is 0.122. The van der Waals surface area contributed by atoms with Crippen molar-refractivity contribution in [2.24, 2.45) is 5.73 Å². The van der Waals surface area contributed by atoms with Gasteiger partial charge in [0.05, 0.1) is 24.6 Å². The molecule has 2 aromatic carbocycles. The van der Waals surface area contributed by atoms with E-state index in [0.29, 0.717) is 35.9 Å². The maximum atomic E-state index is 13.4. The van der Waals surface area contributed by atoms with Gasteiger partial charge in [0.2, 0.25) is 10.0 Å². The summed E-state index contributed by atoms with van der Waals surface area (Å²) in [6, 6.07) is 18.7. The van der Waals surface area contributed by atoms with E-state index < -0.39 is 16.0 Å². The van der Waals surface area contributed by atoms with Crippen molar-refractivity contribution in [1.29, 1.82) is 0 Å². The molecule has 0 bridgehead atoms. The Hall–Kier alpha value is -3.81. The van der Waals surface area contributed by atoms with Gasteiger partial charge in [0, 0.05) is 30.7 Å². The van der Waals surface area contributed by atoms with Crippen molar-refractivity contribution in [2.45, 2.75) is 24.9 Å². The van der Waals surface area contributed by atoms with E-state index in [1.54, 1.807) is 12.1 Å². The number of hydrogen-bond donors (Lipinski definition) is 3. The molecule has 1 atom stereocenters. The second kappa shape index (κ2) is 12.2. The first kappa shape index (κ1) is 28.3. The van der Waals surface area contributed by atoms with Gasteiger partial charge in [-0.3, -0.25) is 4.72 Å². The second-order valence-corrected chi connectivity index (χ2v) is 12.7. The number of sulfonamides is 1. The molecule has 218 valence electrons. The largest absolute Gasteiger partial charge is 0.458 e. The molecule has 6 rings (SSSR count). The number of aromatic nitrogens is 2. The summed E-state index contributed by atoms with van der Waals surface area (Å²) in [6.07, 6.45) is -0.217. The molecule has 0 saturated carbocycles. The van der Waals surface area contributed by atoms with Crippen LogP contribution in [0.5, 0.6) is 0 Å². The zero-order valence-corrected chi connectivity index (χ0v) is 24.4. The molecule has 0 aliphatic carbocycles. The normalized spacial score (nSPS) is 15.7. The molecule has 4 N–H and O–H groups in total. The quantitative estimate of drug-likeness (QED) is 0.204. The summed E-state index contributed by atoms with van der Waals surface area (Å²) in [5.74, 6) is -0.614. The van der Waals surface area contributed by atoms with Crippen LogP contribution in [0.1, 0.15) is 27.3 Å². The monoisotopic (exact) mass is 605 g/mol. The second-order valence-electron chi connectivity index (χ2n) is 10.2. The number of nitrogens with one attached hydrogen (secondary N) is 2. The number of pyridine rings is 1. The maximum absolute atomic E-state index is 13.4. The van der Waals surface area contributed by atoms with Gasteiger partial charge in [0.1, 0.15) is 24.1 Å². The van der Waals surface area contributed by atoms with Gasteiger partial charge >= 0.3 is 5.97 Å². The first-order valence-electron chi connectivity index (χ1n) is 13.6. The Bertz CT molecular complexity index is 1830. The minimum atomic E-state index is -3.66. The number of thiophene rings is 1. The van der Waals surface area contributed by atoms with Crippen LogP contribution in [-0.2, 0) is 38.3 Å². The van der Waals surface area contributed by atoms with Gasteiger partial charge < -0.3 is 25.1 Å². The fraction of sp³-hybridized carbons (Fsp3) is 0.267. The first-order valence-corrected chi connectivity index (χ1v) is 16.2. The van der Waals surface area contributed by atoms with E-state index in [4.69, 9.17) is 20.2 Å². The molecule has 1 saturated heterocycles. The molecule has 10 nitrogen and oxygen atoms in total. The molecular formula is C30H31N5O5S2. The predicted molar refractivity (Wildman–Crippen MR) is 164 cm³/mol. The van der Waals surface area contributed by atoms with Gasteiger partial charge in [-0.1, -0.05) is 24.3 Å². The van der Waals surface area contributed by atoms with E-state index in [1.165, 1.54) is 11.3 Å². The molecule has 1 aliphatic heterocycles. The van der Waals surface area contributed by atoms with Gasteiger partial charge in [-0.2, -0.15) is 11.3 Å². The number of carbonyl (C=O) groups is 1. The topological polar surface area (TPSA) is 138 Å². The van der Waals surface area contributed by atoms with Crippen molar-refractivity contribution in [2.75, 3.05) is 31.0 Å². The molecule has 5 aromatic rings. The van der Waals surface area contributed by atoms with Crippen molar-refractivity contribution in [3.63, 3.8) is 0 Å². The summed E-state index contributed by atoms with van der Waals surface area (Å²) < 4.78 is 42.0. The lowest BCUT2D eigenvalue weighted by atomic mass is 10.0. The van der Waals surface area contributed by atoms with Crippen LogP contribution in [-0.4, -0.2) is 56.3 Å². The highest BCUT2D eigenvalue weighted by Gasteiger charge is 2.22. The maximum Gasteiger partial charge on any atom is 0.355 e. The molecule has 3 aromatic heterocycles. The van der Waals surface area contributed by atoms with Crippen molar-refractivity contribution >= 4 is 54.8 Å². The highest BCUT2D eigenvalue weighted by Crippen LogP contribution is 2.29. The van der Waals surface area contributed by atoms with Crippen LogP contribution in [0.2, 0.25) is 0 Å². The SMILES string of the molecule is NCc1ccc2cc(C(=O)OCC3CNCCO3)n(Cc3cc(NS(=O)(=O)Cc4ccsc4)cc4ccccc34)c2n1. The average Bonchev–Trinajstić information content (AvgIpc) is 3.63. The van der Waals surface area contributed by atoms with Crippen LogP contribution in [0.15, 0.2) is 71.4 Å². The van der Waals surface area contributed by atoms with Crippen molar-refractivity contribution in [3.8, 4) is 0 Å². The summed E-state index contributed by atoms with van der Waals surface area (Å²) in [7, 11) is -3.66. The number of fused-ring (bicyclic) bond motifs is 2. The minimum Gasteiger partial charge on any atom is -0.458 e. The molecule has 1 fully saturated rings. The first-order chi connectivity index (χ1) is 20.4. The van der Waals surface area contributed by atoms with Gasteiger partial charge in [-0.15, -0.1) is 0 Å². The fourth-order valence-electron chi connectivity index (χ4n) is 5.14. The van der Waals surface area contributed by atoms with Gasteiger partial charge in [-0.25, -0.2) is 18.2 Å². The number of nitrogens with two attached hydrogens (primary N) is 1. The summed E-state index contributed by atoms with van der Waals surface area (Å²) in [5, 5.41) is 9.47. The van der Waals surface area contributed by atoms with Crippen LogP contribution in [0.4, 0.5) is 5.69 Å². The average molecular weight is 606 g/mol. The van der Waals surface area contributed by atoms with E-state index >= 15 is 0 Å². The summed E-state index contributed by atoms with van der Waals surface area (Å²) in [4.78, 5) is 18.2. The van der Waals surface area contributed by atoms with E-state index in [1.807, 2.05) is 63.9 Å². The highest BCUT2D eigenvalue weighted by molar-refractivity contribution is 7.91. The molecule has 1 unspecified atom stereocenters. The predicted octanol–water partition coefficient (Wildman–Crippen LogP) is 3.85. The highest BCUT2D eigenvalue weighted by atomic mass is 32.2. The third-order valence-corrected chi connectivity index (χ3v) is 9.10. The lowest BCUT2D eigenvalue weighted by Gasteiger charge is -2.23. The number of esters is 1.